The Hall–Kier alpha value is -4.06. The fourth-order valence-electron chi connectivity index (χ4n) is 4.92. The first kappa shape index (κ1) is 21.8. The van der Waals surface area contributed by atoms with Crippen molar-refractivity contribution in [2.75, 3.05) is 14.2 Å². The molecule has 0 aromatic heterocycles. The van der Waals surface area contributed by atoms with Gasteiger partial charge in [-0.3, -0.25) is 9.59 Å². The van der Waals surface area contributed by atoms with E-state index in [1.807, 2.05) is 54.6 Å². The zero-order valence-corrected chi connectivity index (χ0v) is 19.4. The summed E-state index contributed by atoms with van der Waals surface area (Å²) in [7, 11) is 3.25. The van der Waals surface area contributed by atoms with E-state index < -0.39 is 24.1 Å². The molecule has 0 radical (unpaired) electrons. The van der Waals surface area contributed by atoms with Gasteiger partial charge < -0.3 is 18.9 Å². The van der Waals surface area contributed by atoms with Crippen molar-refractivity contribution in [1.29, 1.82) is 0 Å². The Morgan fingerprint density at radius 1 is 0.676 bits per heavy atom. The molecule has 6 heteroatoms. The molecule has 5 rings (SSSR count). The molecular weight excluding hydrogens is 432 g/mol. The Labute approximate surface area is 197 Å². The number of hydrogen-bond donors (Lipinski definition) is 0. The van der Waals surface area contributed by atoms with Crippen molar-refractivity contribution < 1.29 is 28.5 Å². The molecular formula is C28H24O6. The summed E-state index contributed by atoms with van der Waals surface area (Å²) < 4.78 is 22.5. The maximum atomic E-state index is 12.0. The molecule has 0 N–H and O–H groups in total. The monoisotopic (exact) mass is 456 g/mol. The Morgan fingerprint density at radius 3 is 2.03 bits per heavy atom. The van der Waals surface area contributed by atoms with E-state index in [0.717, 1.165) is 43.8 Å². The molecule has 1 aliphatic carbocycles. The van der Waals surface area contributed by atoms with Gasteiger partial charge in [0, 0.05) is 30.4 Å². The lowest BCUT2D eigenvalue weighted by Crippen LogP contribution is -2.25. The van der Waals surface area contributed by atoms with Crippen LogP contribution in [0.2, 0.25) is 0 Å². The number of hydrogen-bond acceptors (Lipinski definition) is 6. The summed E-state index contributed by atoms with van der Waals surface area (Å²) in [6, 6.07) is 19.8. The summed E-state index contributed by atoms with van der Waals surface area (Å²) in [6.07, 6.45) is -1.48. The van der Waals surface area contributed by atoms with Crippen molar-refractivity contribution >= 4 is 33.5 Å². The molecule has 0 heterocycles. The maximum Gasteiger partial charge on any atom is 0.303 e. The van der Waals surface area contributed by atoms with Crippen LogP contribution in [0, 0.1) is 0 Å². The summed E-state index contributed by atoms with van der Waals surface area (Å²) in [6.45, 7) is 2.72. The number of rotatable bonds is 4. The first-order valence-electron chi connectivity index (χ1n) is 11.0. The van der Waals surface area contributed by atoms with Gasteiger partial charge in [-0.2, -0.15) is 0 Å². The van der Waals surface area contributed by atoms with Crippen molar-refractivity contribution in [2.45, 2.75) is 26.1 Å². The second kappa shape index (κ2) is 8.37. The molecule has 0 saturated carbocycles. The van der Waals surface area contributed by atoms with Crippen LogP contribution in [-0.4, -0.2) is 26.2 Å². The third kappa shape index (κ3) is 3.43. The third-order valence-electron chi connectivity index (χ3n) is 6.25. The van der Waals surface area contributed by atoms with Gasteiger partial charge in [0.1, 0.15) is 0 Å². The summed E-state index contributed by atoms with van der Waals surface area (Å²) in [5, 5.41) is 3.95. The van der Waals surface area contributed by atoms with Crippen LogP contribution in [0.5, 0.6) is 11.5 Å². The highest BCUT2D eigenvalue weighted by molar-refractivity contribution is 6.11. The quantitative estimate of drug-likeness (QED) is 0.281. The zero-order chi connectivity index (χ0) is 24.0. The standard InChI is InChI=1S/C28H24O6/c1-15(29)33-27-20-8-6-5-7-18(20)23-14-22-17(13-24(23)28(27)34-16(2)30)9-10-21-19(22)11-12-25(31-3)26(21)32-4/h5-14,27-28H,1-4H3/t27-,28-/m0/s1. The minimum Gasteiger partial charge on any atom is -0.493 e. The predicted molar refractivity (Wildman–Crippen MR) is 129 cm³/mol. The number of methoxy groups -OCH3 is 2. The van der Waals surface area contributed by atoms with Crippen LogP contribution in [0.1, 0.15) is 37.2 Å². The molecule has 1 aliphatic rings. The Morgan fingerprint density at radius 2 is 1.35 bits per heavy atom. The fraction of sp³-hybridized carbons (Fsp3) is 0.214. The molecule has 2 atom stereocenters. The van der Waals surface area contributed by atoms with Crippen molar-refractivity contribution in [3.8, 4) is 22.6 Å². The normalized spacial score (nSPS) is 16.5. The molecule has 0 saturated heterocycles. The van der Waals surface area contributed by atoms with E-state index in [1.54, 1.807) is 14.2 Å². The van der Waals surface area contributed by atoms with Crippen molar-refractivity contribution in [2.24, 2.45) is 0 Å². The summed E-state index contributed by atoms with van der Waals surface area (Å²) >= 11 is 0. The highest BCUT2D eigenvalue weighted by atomic mass is 16.6. The number of fused-ring (bicyclic) bond motifs is 6. The lowest BCUT2D eigenvalue weighted by atomic mass is 9.80. The van der Waals surface area contributed by atoms with Gasteiger partial charge in [-0.15, -0.1) is 0 Å². The largest absolute Gasteiger partial charge is 0.493 e. The second-order valence-corrected chi connectivity index (χ2v) is 8.27. The van der Waals surface area contributed by atoms with Gasteiger partial charge in [0.15, 0.2) is 23.7 Å². The number of ether oxygens (including phenoxy) is 4. The van der Waals surface area contributed by atoms with Gasteiger partial charge in [0.25, 0.3) is 0 Å². The van der Waals surface area contributed by atoms with E-state index >= 15 is 0 Å². The Kier molecular flexibility index (Phi) is 5.36. The van der Waals surface area contributed by atoms with Crippen molar-refractivity contribution in [3.63, 3.8) is 0 Å². The first-order chi connectivity index (χ1) is 16.4. The van der Waals surface area contributed by atoms with Crippen LogP contribution in [0.4, 0.5) is 0 Å². The van der Waals surface area contributed by atoms with Crippen LogP contribution >= 0.6 is 0 Å². The topological polar surface area (TPSA) is 71.1 Å². The fourth-order valence-corrected chi connectivity index (χ4v) is 4.92. The molecule has 4 aromatic rings. The predicted octanol–water partition coefficient (Wildman–Crippen LogP) is 5.90. The average Bonchev–Trinajstić information content (AvgIpc) is 2.83. The number of carbonyl (C=O) groups is 2. The van der Waals surface area contributed by atoms with Crippen molar-refractivity contribution in [3.05, 3.63) is 71.8 Å². The highest BCUT2D eigenvalue weighted by Gasteiger charge is 2.38. The Bertz CT molecular complexity index is 1450. The SMILES string of the molecule is COc1ccc2c(ccc3cc4c(cc32)-c2ccccc2[C@H](OC(C)=O)[C@H]4OC(C)=O)c1OC. The average molecular weight is 456 g/mol. The lowest BCUT2D eigenvalue weighted by Gasteiger charge is -2.34. The van der Waals surface area contributed by atoms with E-state index in [2.05, 4.69) is 6.07 Å². The summed E-state index contributed by atoms with van der Waals surface area (Å²) in [4.78, 5) is 24.0. The minimum atomic E-state index is -0.753. The van der Waals surface area contributed by atoms with Crippen LogP contribution in [0.25, 0.3) is 32.7 Å². The molecule has 6 nitrogen and oxygen atoms in total. The van der Waals surface area contributed by atoms with Gasteiger partial charge in [0.2, 0.25) is 0 Å². The van der Waals surface area contributed by atoms with Gasteiger partial charge in [-0.05, 0) is 57.6 Å². The second-order valence-electron chi connectivity index (χ2n) is 8.27. The van der Waals surface area contributed by atoms with Gasteiger partial charge in [-0.1, -0.05) is 30.3 Å². The van der Waals surface area contributed by atoms with Crippen LogP contribution in [0.15, 0.2) is 60.7 Å². The van der Waals surface area contributed by atoms with Crippen molar-refractivity contribution in [1.82, 2.24) is 0 Å². The summed E-state index contributed by atoms with van der Waals surface area (Å²) in [5.74, 6) is 0.459. The smallest absolute Gasteiger partial charge is 0.303 e. The lowest BCUT2D eigenvalue weighted by molar-refractivity contribution is -0.167. The van der Waals surface area contributed by atoms with Crippen LogP contribution in [0.3, 0.4) is 0 Å². The molecule has 172 valence electrons. The van der Waals surface area contributed by atoms with E-state index in [9.17, 15) is 9.59 Å². The van der Waals surface area contributed by atoms with Crippen LogP contribution < -0.4 is 9.47 Å². The maximum absolute atomic E-state index is 12.0. The molecule has 0 aliphatic heterocycles. The molecule has 4 aromatic carbocycles. The molecule has 34 heavy (non-hydrogen) atoms. The number of carbonyl (C=O) groups excluding carboxylic acids is 2. The molecule has 0 bridgehead atoms. The molecule has 0 unspecified atom stereocenters. The van der Waals surface area contributed by atoms with E-state index in [-0.39, 0.29) is 0 Å². The zero-order valence-electron chi connectivity index (χ0n) is 19.4. The molecule has 0 amide bonds. The minimum absolute atomic E-state index is 0.437. The highest BCUT2D eigenvalue weighted by Crippen LogP contribution is 2.50. The number of esters is 2. The third-order valence-corrected chi connectivity index (χ3v) is 6.25. The molecule has 0 spiro atoms. The van der Waals surface area contributed by atoms with Gasteiger partial charge in [-0.25, -0.2) is 0 Å². The van der Waals surface area contributed by atoms with E-state index in [4.69, 9.17) is 18.9 Å². The van der Waals surface area contributed by atoms with Gasteiger partial charge >= 0.3 is 11.9 Å². The number of benzene rings is 4. The van der Waals surface area contributed by atoms with E-state index in [0.29, 0.717) is 11.5 Å². The first-order valence-corrected chi connectivity index (χ1v) is 11.0. The van der Waals surface area contributed by atoms with E-state index in [1.165, 1.54) is 13.8 Å². The Balaban J connectivity index is 1.82. The van der Waals surface area contributed by atoms with Crippen LogP contribution in [-0.2, 0) is 19.1 Å². The summed E-state index contributed by atoms with van der Waals surface area (Å²) in [5.41, 5.74) is 3.47. The van der Waals surface area contributed by atoms with Gasteiger partial charge in [0.05, 0.1) is 14.2 Å². The molecule has 0 fully saturated rings.